The lowest BCUT2D eigenvalue weighted by Gasteiger charge is -2.24. The van der Waals surface area contributed by atoms with Crippen molar-refractivity contribution in [2.45, 2.75) is 39.5 Å². The summed E-state index contributed by atoms with van der Waals surface area (Å²) in [5.41, 5.74) is 0.531. The molecule has 0 fully saturated rings. The molecule has 0 saturated heterocycles. The van der Waals surface area contributed by atoms with Crippen molar-refractivity contribution < 1.29 is 13.2 Å². The number of anilines is 1. The minimum atomic E-state index is -3.59. The minimum absolute atomic E-state index is 0.211. The van der Waals surface area contributed by atoms with Crippen molar-refractivity contribution in [3.05, 3.63) is 42.5 Å². The number of sulfonamides is 1. The van der Waals surface area contributed by atoms with Gasteiger partial charge in [-0.25, -0.2) is 8.42 Å². The molecule has 1 amide bonds. The topological polar surface area (TPSA) is 66.5 Å². The normalized spacial score (nSPS) is 12.7. The molecule has 1 N–H and O–H groups in total. The van der Waals surface area contributed by atoms with Gasteiger partial charge in [0.05, 0.1) is 11.9 Å². The molecule has 5 nitrogen and oxygen atoms in total. The van der Waals surface area contributed by atoms with Crippen LogP contribution in [0.1, 0.15) is 39.5 Å². The van der Waals surface area contributed by atoms with E-state index < -0.39 is 10.0 Å². The molecule has 0 heterocycles. The van der Waals surface area contributed by atoms with E-state index in [-0.39, 0.29) is 12.5 Å². The quantitative estimate of drug-likeness (QED) is 0.668. The molecule has 2 aromatic carbocycles. The number of hydrogen-bond donors (Lipinski definition) is 1. The molecular weight excluding hydrogens is 360 g/mol. The largest absolute Gasteiger partial charge is 0.354 e. The molecule has 0 bridgehead atoms. The third kappa shape index (κ3) is 5.96. The number of benzene rings is 2. The average Bonchev–Trinajstić information content (AvgIpc) is 2.65. The Bertz CT molecular complexity index is 859. The van der Waals surface area contributed by atoms with Crippen LogP contribution in [0.4, 0.5) is 5.69 Å². The molecular formula is C21H30N2O3S. The zero-order valence-corrected chi connectivity index (χ0v) is 17.3. The number of nitrogens with one attached hydrogen (secondary N) is 1. The van der Waals surface area contributed by atoms with Crippen LogP contribution in [0.15, 0.2) is 42.5 Å². The summed E-state index contributed by atoms with van der Waals surface area (Å²) in [5, 5.41) is 4.67. The van der Waals surface area contributed by atoms with Gasteiger partial charge in [-0.2, -0.15) is 0 Å². The van der Waals surface area contributed by atoms with Gasteiger partial charge in [-0.3, -0.25) is 9.10 Å². The summed E-state index contributed by atoms with van der Waals surface area (Å²) in [4.78, 5) is 12.5. The molecule has 6 heteroatoms. The van der Waals surface area contributed by atoms with Gasteiger partial charge in [0.2, 0.25) is 15.9 Å². The van der Waals surface area contributed by atoms with E-state index in [1.807, 2.05) is 36.4 Å². The predicted molar refractivity (Wildman–Crippen MR) is 112 cm³/mol. The first-order valence-electron chi connectivity index (χ1n) is 9.59. The molecule has 0 spiro atoms. The number of unbranched alkanes of at least 4 members (excludes halogenated alkanes) is 1. The van der Waals surface area contributed by atoms with Crippen LogP contribution in [0.5, 0.6) is 0 Å². The molecule has 0 radical (unpaired) electrons. The molecule has 0 aromatic heterocycles. The second kappa shape index (κ2) is 9.74. The highest BCUT2D eigenvalue weighted by atomic mass is 32.2. The van der Waals surface area contributed by atoms with Crippen molar-refractivity contribution in [3.8, 4) is 0 Å². The highest BCUT2D eigenvalue weighted by molar-refractivity contribution is 7.92. The van der Waals surface area contributed by atoms with Crippen molar-refractivity contribution in [3.63, 3.8) is 0 Å². The standard InChI is InChI=1S/C21H30N2O3S/c1-4-6-10-17(5-2)15-22-21(24)16-23(27(3,25)26)20-14-9-12-18-11-7-8-13-19(18)20/h7-9,11-14,17H,4-6,10,15-16H2,1-3H3,(H,22,24). The smallest absolute Gasteiger partial charge is 0.240 e. The van der Waals surface area contributed by atoms with E-state index >= 15 is 0 Å². The Kier molecular flexibility index (Phi) is 7.66. The SMILES string of the molecule is CCCCC(CC)CNC(=O)CN(c1cccc2ccccc12)S(C)(=O)=O. The van der Waals surface area contributed by atoms with Crippen LogP contribution in [0.3, 0.4) is 0 Å². The maximum absolute atomic E-state index is 12.5. The molecule has 0 aliphatic carbocycles. The van der Waals surface area contributed by atoms with Crippen LogP contribution in [0, 0.1) is 5.92 Å². The summed E-state index contributed by atoms with van der Waals surface area (Å²) in [5.74, 6) is 0.154. The van der Waals surface area contributed by atoms with E-state index in [4.69, 9.17) is 0 Å². The lowest BCUT2D eigenvalue weighted by Crippen LogP contribution is -2.41. The molecule has 1 unspecified atom stereocenters. The second-order valence-electron chi connectivity index (χ2n) is 6.99. The minimum Gasteiger partial charge on any atom is -0.354 e. The lowest BCUT2D eigenvalue weighted by molar-refractivity contribution is -0.119. The molecule has 0 saturated carbocycles. The van der Waals surface area contributed by atoms with Crippen LogP contribution in [-0.2, 0) is 14.8 Å². The van der Waals surface area contributed by atoms with E-state index in [0.717, 1.165) is 42.7 Å². The van der Waals surface area contributed by atoms with E-state index in [1.54, 1.807) is 6.07 Å². The molecule has 2 rings (SSSR count). The third-order valence-corrected chi connectivity index (χ3v) is 5.98. The molecule has 148 valence electrons. The summed E-state index contributed by atoms with van der Waals surface area (Å²) < 4.78 is 26.0. The summed E-state index contributed by atoms with van der Waals surface area (Å²) in [7, 11) is -3.59. The van der Waals surface area contributed by atoms with Crippen molar-refractivity contribution >= 4 is 32.4 Å². The number of amides is 1. The third-order valence-electron chi connectivity index (χ3n) is 4.85. The summed E-state index contributed by atoms with van der Waals surface area (Å²) >= 11 is 0. The van der Waals surface area contributed by atoms with E-state index in [1.165, 1.54) is 4.31 Å². The highest BCUT2D eigenvalue weighted by Gasteiger charge is 2.22. The first kappa shape index (κ1) is 21.2. The van der Waals surface area contributed by atoms with Crippen LogP contribution in [0.25, 0.3) is 10.8 Å². The Morgan fingerprint density at radius 3 is 2.48 bits per heavy atom. The second-order valence-corrected chi connectivity index (χ2v) is 8.90. The lowest BCUT2D eigenvalue weighted by atomic mass is 9.99. The number of fused-ring (bicyclic) bond motifs is 1. The van der Waals surface area contributed by atoms with Gasteiger partial charge >= 0.3 is 0 Å². The van der Waals surface area contributed by atoms with Gasteiger partial charge < -0.3 is 5.32 Å². The molecule has 2 aromatic rings. The summed E-state index contributed by atoms with van der Waals surface area (Å²) in [6.07, 6.45) is 5.48. The number of carbonyl (C=O) groups excluding carboxylic acids is 1. The summed E-state index contributed by atoms with van der Waals surface area (Å²) in [6.45, 7) is 4.64. The van der Waals surface area contributed by atoms with Gasteiger partial charge in [-0.15, -0.1) is 0 Å². The Balaban J connectivity index is 2.17. The van der Waals surface area contributed by atoms with Crippen molar-refractivity contribution in [1.29, 1.82) is 0 Å². The number of rotatable bonds is 10. The highest BCUT2D eigenvalue weighted by Crippen LogP contribution is 2.28. The Hall–Kier alpha value is -2.08. The fourth-order valence-electron chi connectivity index (χ4n) is 3.19. The Labute approximate surface area is 162 Å². The van der Waals surface area contributed by atoms with E-state index in [0.29, 0.717) is 18.2 Å². The van der Waals surface area contributed by atoms with Crippen molar-refractivity contribution in [2.75, 3.05) is 23.7 Å². The fourth-order valence-corrected chi connectivity index (χ4v) is 4.06. The van der Waals surface area contributed by atoms with Gasteiger partial charge in [0.25, 0.3) is 0 Å². The number of carbonyl (C=O) groups is 1. The first-order valence-corrected chi connectivity index (χ1v) is 11.4. The van der Waals surface area contributed by atoms with Crippen molar-refractivity contribution in [1.82, 2.24) is 5.32 Å². The molecule has 1 atom stereocenters. The number of nitrogens with zero attached hydrogens (tertiary/aromatic N) is 1. The van der Waals surface area contributed by atoms with E-state index in [9.17, 15) is 13.2 Å². The number of hydrogen-bond acceptors (Lipinski definition) is 3. The predicted octanol–water partition coefficient (Wildman–Crippen LogP) is 3.94. The fraction of sp³-hybridized carbons (Fsp3) is 0.476. The van der Waals surface area contributed by atoms with Gasteiger partial charge in [-0.05, 0) is 23.8 Å². The molecule has 27 heavy (non-hydrogen) atoms. The first-order chi connectivity index (χ1) is 12.9. The average molecular weight is 391 g/mol. The van der Waals surface area contributed by atoms with Gasteiger partial charge in [0, 0.05) is 11.9 Å². The van der Waals surface area contributed by atoms with Gasteiger partial charge in [0.15, 0.2) is 0 Å². The molecule has 0 aliphatic heterocycles. The van der Waals surface area contributed by atoms with E-state index in [2.05, 4.69) is 19.2 Å². The maximum Gasteiger partial charge on any atom is 0.240 e. The van der Waals surface area contributed by atoms with Crippen LogP contribution >= 0.6 is 0 Å². The van der Waals surface area contributed by atoms with Gasteiger partial charge in [-0.1, -0.05) is 69.5 Å². The zero-order valence-electron chi connectivity index (χ0n) is 16.4. The zero-order chi connectivity index (χ0) is 19.9. The Morgan fingerprint density at radius 1 is 1.11 bits per heavy atom. The van der Waals surface area contributed by atoms with Gasteiger partial charge in [0.1, 0.15) is 6.54 Å². The monoisotopic (exact) mass is 390 g/mol. The van der Waals surface area contributed by atoms with Crippen LogP contribution in [0.2, 0.25) is 0 Å². The maximum atomic E-state index is 12.5. The van der Waals surface area contributed by atoms with Crippen LogP contribution in [-0.4, -0.2) is 33.7 Å². The van der Waals surface area contributed by atoms with Crippen molar-refractivity contribution in [2.24, 2.45) is 5.92 Å². The van der Waals surface area contributed by atoms with Crippen LogP contribution < -0.4 is 9.62 Å². The molecule has 0 aliphatic rings. The summed E-state index contributed by atoms with van der Waals surface area (Å²) in [6, 6.07) is 13.1. The Morgan fingerprint density at radius 2 is 1.81 bits per heavy atom.